The highest BCUT2D eigenvalue weighted by Crippen LogP contribution is 2.29. The smallest absolute Gasteiger partial charge is 0.255 e. The highest BCUT2D eigenvalue weighted by atomic mass is 16.5. The van der Waals surface area contributed by atoms with E-state index in [4.69, 9.17) is 9.47 Å². The highest BCUT2D eigenvalue weighted by molar-refractivity contribution is 6.01. The van der Waals surface area contributed by atoms with E-state index in [1.807, 2.05) is 13.0 Å². The molecule has 0 spiro atoms. The third-order valence-corrected chi connectivity index (χ3v) is 4.54. The van der Waals surface area contributed by atoms with E-state index in [1.54, 1.807) is 25.2 Å². The molecule has 2 amide bonds. The lowest BCUT2D eigenvalue weighted by atomic mass is 9.80. The van der Waals surface area contributed by atoms with Crippen molar-refractivity contribution in [2.75, 3.05) is 26.9 Å². The maximum atomic E-state index is 12.8. The molecule has 2 N–H and O–H groups in total. The summed E-state index contributed by atoms with van der Waals surface area (Å²) in [6, 6.07) is 7.08. The number of carbonyl (C=O) groups is 2. The van der Waals surface area contributed by atoms with Crippen LogP contribution in [0.4, 0.5) is 0 Å². The zero-order valence-corrected chi connectivity index (χ0v) is 15.1. The van der Waals surface area contributed by atoms with Crippen molar-refractivity contribution in [3.63, 3.8) is 0 Å². The monoisotopic (exact) mass is 348 g/mol. The fourth-order valence-corrected chi connectivity index (χ4v) is 3.22. The van der Waals surface area contributed by atoms with Crippen molar-refractivity contribution in [2.24, 2.45) is 0 Å². The van der Waals surface area contributed by atoms with E-state index in [0.29, 0.717) is 44.0 Å². The molecule has 1 fully saturated rings. The first-order chi connectivity index (χ1) is 12.1. The molecule has 138 valence electrons. The summed E-state index contributed by atoms with van der Waals surface area (Å²) >= 11 is 0. The Morgan fingerprint density at radius 1 is 1.12 bits per heavy atom. The van der Waals surface area contributed by atoms with E-state index in [-0.39, 0.29) is 11.8 Å². The fourth-order valence-electron chi connectivity index (χ4n) is 3.22. The number of carbonyl (C=O) groups excluding carboxylic acids is 2. The van der Waals surface area contributed by atoms with E-state index in [1.165, 1.54) is 0 Å². The Balaban J connectivity index is 2.12. The second-order valence-corrected chi connectivity index (χ2v) is 6.22. The van der Waals surface area contributed by atoms with Crippen molar-refractivity contribution in [1.29, 1.82) is 0 Å². The molecule has 0 bridgehead atoms. The van der Waals surface area contributed by atoms with Crippen LogP contribution in [0.3, 0.4) is 0 Å². The summed E-state index contributed by atoms with van der Waals surface area (Å²) in [5.74, 6) is 0.0929. The van der Waals surface area contributed by atoms with Crippen LogP contribution < -0.4 is 15.4 Å². The van der Waals surface area contributed by atoms with Crippen molar-refractivity contribution in [3.8, 4) is 5.75 Å². The average Bonchev–Trinajstić information content (AvgIpc) is 2.65. The van der Waals surface area contributed by atoms with Crippen molar-refractivity contribution in [3.05, 3.63) is 29.8 Å². The summed E-state index contributed by atoms with van der Waals surface area (Å²) < 4.78 is 10.9. The third-order valence-electron chi connectivity index (χ3n) is 4.54. The van der Waals surface area contributed by atoms with Gasteiger partial charge >= 0.3 is 0 Å². The average molecular weight is 348 g/mol. The van der Waals surface area contributed by atoms with Gasteiger partial charge in [0.05, 0.1) is 12.2 Å². The first kappa shape index (κ1) is 19.2. The summed E-state index contributed by atoms with van der Waals surface area (Å²) in [5, 5.41) is 5.67. The number of rotatable bonds is 8. The lowest BCUT2D eigenvalue weighted by molar-refractivity contribution is -0.128. The van der Waals surface area contributed by atoms with Crippen LogP contribution in [-0.2, 0) is 9.53 Å². The van der Waals surface area contributed by atoms with E-state index in [0.717, 1.165) is 19.3 Å². The summed E-state index contributed by atoms with van der Waals surface area (Å²) in [4.78, 5) is 25.3. The number of hydrogen-bond acceptors (Lipinski definition) is 4. The van der Waals surface area contributed by atoms with E-state index in [9.17, 15) is 9.59 Å². The molecular formula is C19H28N2O4. The minimum absolute atomic E-state index is 0.129. The van der Waals surface area contributed by atoms with Gasteiger partial charge in [-0.3, -0.25) is 9.59 Å². The zero-order valence-electron chi connectivity index (χ0n) is 15.1. The molecule has 0 radical (unpaired) electrons. The van der Waals surface area contributed by atoms with Crippen LogP contribution in [0, 0.1) is 0 Å². The second kappa shape index (κ2) is 9.42. The Morgan fingerprint density at radius 2 is 1.84 bits per heavy atom. The van der Waals surface area contributed by atoms with Crippen LogP contribution in [0.2, 0.25) is 0 Å². The Hall–Kier alpha value is -2.08. The largest absolute Gasteiger partial charge is 0.490 e. The van der Waals surface area contributed by atoms with Gasteiger partial charge < -0.3 is 20.1 Å². The van der Waals surface area contributed by atoms with Gasteiger partial charge in [0.1, 0.15) is 17.9 Å². The molecule has 1 saturated carbocycles. The molecule has 0 aliphatic heterocycles. The first-order valence-corrected chi connectivity index (χ1v) is 8.97. The van der Waals surface area contributed by atoms with Crippen LogP contribution in [0.5, 0.6) is 5.75 Å². The quantitative estimate of drug-likeness (QED) is 0.707. The predicted molar refractivity (Wildman–Crippen MR) is 95.8 cm³/mol. The molecule has 6 heteroatoms. The maximum absolute atomic E-state index is 12.8. The van der Waals surface area contributed by atoms with Gasteiger partial charge in [0.2, 0.25) is 5.91 Å². The molecule has 2 rings (SSSR count). The van der Waals surface area contributed by atoms with Gasteiger partial charge in [0.25, 0.3) is 5.91 Å². The lowest BCUT2D eigenvalue weighted by Crippen LogP contribution is -2.59. The Morgan fingerprint density at radius 3 is 2.52 bits per heavy atom. The molecule has 1 aromatic carbocycles. The van der Waals surface area contributed by atoms with E-state index < -0.39 is 5.54 Å². The number of benzene rings is 1. The van der Waals surface area contributed by atoms with E-state index >= 15 is 0 Å². The van der Waals surface area contributed by atoms with Crippen LogP contribution in [0.1, 0.15) is 49.4 Å². The topological polar surface area (TPSA) is 76.7 Å². The molecule has 1 aliphatic rings. The number of nitrogens with one attached hydrogen (secondary N) is 2. The van der Waals surface area contributed by atoms with Crippen LogP contribution in [0.25, 0.3) is 0 Å². The van der Waals surface area contributed by atoms with Gasteiger partial charge in [-0.2, -0.15) is 0 Å². The molecular weight excluding hydrogens is 320 g/mol. The Labute approximate surface area is 149 Å². The molecule has 0 atom stereocenters. The normalized spacial score (nSPS) is 16.1. The minimum atomic E-state index is -0.831. The first-order valence-electron chi connectivity index (χ1n) is 8.97. The Kier molecular flexibility index (Phi) is 7.25. The van der Waals surface area contributed by atoms with E-state index in [2.05, 4.69) is 10.6 Å². The minimum Gasteiger partial charge on any atom is -0.490 e. The number of likely N-dealkylation sites (N-methyl/N-ethyl adjacent to an activating group) is 1. The molecule has 6 nitrogen and oxygen atoms in total. The van der Waals surface area contributed by atoms with Crippen molar-refractivity contribution < 1.29 is 19.1 Å². The maximum Gasteiger partial charge on any atom is 0.255 e. The lowest BCUT2D eigenvalue weighted by Gasteiger charge is -2.36. The third kappa shape index (κ3) is 4.95. The summed E-state index contributed by atoms with van der Waals surface area (Å²) in [7, 11) is 1.61. The SMILES string of the molecule is CCOCCOc1ccccc1C(=O)NC1(C(=O)NC)CCCCC1. The molecule has 1 aliphatic carbocycles. The predicted octanol–water partition coefficient (Wildman–Crippen LogP) is 2.28. The zero-order chi connectivity index (χ0) is 18.1. The van der Waals surface area contributed by atoms with Crippen LogP contribution in [0.15, 0.2) is 24.3 Å². The van der Waals surface area contributed by atoms with Crippen molar-refractivity contribution in [1.82, 2.24) is 10.6 Å². The van der Waals surface area contributed by atoms with Crippen LogP contribution in [-0.4, -0.2) is 44.2 Å². The summed E-state index contributed by atoms with van der Waals surface area (Å²) in [6.45, 7) is 3.39. The number of amides is 2. The molecule has 25 heavy (non-hydrogen) atoms. The molecule has 1 aromatic rings. The van der Waals surface area contributed by atoms with Gasteiger partial charge in [0.15, 0.2) is 0 Å². The number of ether oxygens (including phenoxy) is 2. The number of para-hydroxylation sites is 1. The van der Waals surface area contributed by atoms with Gasteiger partial charge in [-0.15, -0.1) is 0 Å². The van der Waals surface area contributed by atoms with Gasteiger partial charge in [-0.05, 0) is 31.9 Å². The van der Waals surface area contributed by atoms with Crippen molar-refractivity contribution >= 4 is 11.8 Å². The molecule has 0 aromatic heterocycles. The fraction of sp³-hybridized carbons (Fsp3) is 0.579. The highest BCUT2D eigenvalue weighted by Gasteiger charge is 2.40. The summed E-state index contributed by atoms with van der Waals surface area (Å²) in [5.41, 5.74) is -0.393. The van der Waals surface area contributed by atoms with Gasteiger partial charge in [-0.25, -0.2) is 0 Å². The molecule has 0 unspecified atom stereocenters. The van der Waals surface area contributed by atoms with Gasteiger partial charge in [0, 0.05) is 13.7 Å². The molecule has 0 saturated heterocycles. The van der Waals surface area contributed by atoms with Crippen molar-refractivity contribution in [2.45, 2.75) is 44.6 Å². The second-order valence-electron chi connectivity index (χ2n) is 6.22. The number of hydrogen-bond donors (Lipinski definition) is 2. The molecule has 0 heterocycles. The van der Waals surface area contributed by atoms with Crippen LogP contribution >= 0.6 is 0 Å². The summed E-state index contributed by atoms with van der Waals surface area (Å²) in [6.07, 6.45) is 4.27. The van der Waals surface area contributed by atoms with Gasteiger partial charge in [-0.1, -0.05) is 31.4 Å². The Bertz CT molecular complexity index is 583. The standard InChI is InChI=1S/C19H28N2O4/c1-3-24-13-14-25-16-10-6-5-9-15(16)17(22)21-19(18(23)20-2)11-7-4-8-12-19/h5-6,9-10H,3-4,7-8,11-14H2,1-2H3,(H,20,23)(H,21,22).